The second kappa shape index (κ2) is 4.59. The molecule has 2 aromatic carbocycles. The molecule has 0 bridgehead atoms. The lowest BCUT2D eigenvalue weighted by molar-refractivity contribution is -0.130. The predicted octanol–water partition coefficient (Wildman–Crippen LogP) is 1.64. The first-order valence-electron chi connectivity index (χ1n) is 5.86. The maximum Gasteiger partial charge on any atom is 0.323 e. The molecule has 21 heavy (non-hydrogen) atoms. The lowest BCUT2D eigenvalue weighted by Gasteiger charge is -2.17. The Morgan fingerprint density at radius 2 is 1.33 bits per heavy atom. The van der Waals surface area contributed by atoms with Gasteiger partial charge in [0.05, 0.1) is 4.90 Å². The Labute approximate surface area is 119 Å². The van der Waals surface area contributed by atoms with E-state index in [1.165, 1.54) is 12.1 Å². The number of hydrogen-bond acceptors (Lipinski definition) is 6. The highest BCUT2D eigenvalue weighted by Crippen LogP contribution is 2.29. The van der Waals surface area contributed by atoms with Crippen molar-refractivity contribution in [2.24, 2.45) is 0 Å². The largest absolute Gasteiger partial charge is 0.323 e. The molecule has 0 heterocycles. The average Bonchev–Trinajstić information content (AvgIpc) is 2.52. The SMILES string of the molecule is O=C1c2ccccc2C(=O)c2cc(S(=O)(=O)OO)ccc21. The van der Waals surface area contributed by atoms with Gasteiger partial charge in [-0.05, 0) is 18.2 Å². The van der Waals surface area contributed by atoms with E-state index in [1.807, 2.05) is 0 Å². The van der Waals surface area contributed by atoms with Crippen LogP contribution < -0.4 is 0 Å². The van der Waals surface area contributed by atoms with Gasteiger partial charge in [-0.1, -0.05) is 24.3 Å². The molecule has 0 spiro atoms. The molecule has 7 heteroatoms. The minimum atomic E-state index is -4.36. The van der Waals surface area contributed by atoms with E-state index in [2.05, 4.69) is 4.33 Å². The van der Waals surface area contributed by atoms with Crippen molar-refractivity contribution in [3.05, 3.63) is 64.7 Å². The maximum atomic E-state index is 12.4. The van der Waals surface area contributed by atoms with Crippen LogP contribution in [0.1, 0.15) is 31.8 Å². The molecule has 0 aliphatic heterocycles. The van der Waals surface area contributed by atoms with Crippen LogP contribution in [0.15, 0.2) is 47.4 Å². The fourth-order valence-electron chi connectivity index (χ4n) is 2.28. The van der Waals surface area contributed by atoms with Gasteiger partial charge in [0.1, 0.15) is 0 Å². The standard InChI is InChI=1S/C14H8O6S/c15-13-9-3-1-2-4-10(9)14(16)12-7-8(5-6-11(12)13)21(18,19)20-17/h1-7,17H. The fourth-order valence-corrected chi connectivity index (χ4v) is 2.86. The summed E-state index contributed by atoms with van der Waals surface area (Å²) in [6, 6.07) is 9.67. The summed E-state index contributed by atoms with van der Waals surface area (Å²) in [6.45, 7) is 0. The van der Waals surface area contributed by atoms with Crippen molar-refractivity contribution in [2.75, 3.05) is 0 Å². The Morgan fingerprint density at radius 1 is 0.810 bits per heavy atom. The second-order valence-electron chi connectivity index (χ2n) is 4.44. The van der Waals surface area contributed by atoms with Crippen LogP contribution in [-0.2, 0) is 14.5 Å². The van der Waals surface area contributed by atoms with Crippen molar-refractivity contribution >= 4 is 21.7 Å². The van der Waals surface area contributed by atoms with E-state index >= 15 is 0 Å². The Morgan fingerprint density at radius 3 is 1.90 bits per heavy atom. The van der Waals surface area contributed by atoms with Gasteiger partial charge in [0.25, 0.3) is 0 Å². The van der Waals surface area contributed by atoms with Crippen LogP contribution in [-0.4, -0.2) is 25.2 Å². The summed E-state index contributed by atoms with van der Waals surface area (Å²) in [7, 11) is -4.36. The summed E-state index contributed by atoms with van der Waals surface area (Å²) in [5.41, 5.74) is 0.589. The zero-order chi connectivity index (χ0) is 15.2. The number of fused-ring (bicyclic) bond motifs is 2. The molecule has 0 saturated carbocycles. The molecule has 6 nitrogen and oxygen atoms in total. The van der Waals surface area contributed by atoms with E-state index in [-0.39, 0.29) is 28.0 Å². The predicted molar refractivity (Wildman–Crippen MR) is 70.6 cm³/mol. The van der Waals surface area contributed by atoms with Crippen LogP contribution >= 0.6 is 0 Å². The summed E-state index contributed by atoms with van der Waals surface area (Å²) in [4.78, 5) is 24.3. The number of ketones is 2. The highest BCUT2D eigenvalue weighted by Gasteiger charge is 2.30. The molecular formula is C14H8O6S. The third-order valence-electron chi connectivity index (χ3n) is 3.28. The Balaban J connectivity index is 2.25. The number of benzene rings is 2. The molecular weight excluding hydrogens is 296 g/mol. The van der Waals surface area contributed by atoms with Crippen molar-refractivity contribution in [1.82, 2.24) is 0 Å². The first-order chi connectivity index (χ1) is 9.95. The molecule has 0 amide bonds. The number of carbonyl (C=O) groups is 2. The molecule has 106 valence electrons. The number of hydrogen-bond donors (Lipinski definition) is 1. The molecule has 1 aliphatic carbocycles. The normalized spacial score (nSPS) is 13.8. The van der Waals surface area contributed by atoms with Crippen LogP contribution in [0.25, 0.3) is 0 Å². The van der Waals surface area contributed by atoms with Gasteiger partial charge < -0.3 is 0 Å². The summed E-state index contributed by atoms with van der Waals surface area (Å²) >= 11 is 0. The van der Waals surface area contributed by atoms with E-state index in [9.17, 15) is 18.0 Å². The van der Waals surface area contributed by atoms with Gasteiger partial charge in [-0.2, -0.15) is 8.42 Å². The second-order valence-corrected chi connectivity index (χ2v) is 5.97. The van der Waals surface area contributed by atoms with E-state index in [0.717, 1.165) is 12.1 Å². The Hall–Kier alpha value is -2.35. The van der Waals surface area contributed by atoms with Crippen molar-refractivity contribution in [3.8, 4) is 0 Å². The molecule has 0 aromatic heterocycles. The molecule has 3 rings (SSSR count). The Bertz CT molecular complexity index is 882. The van der Waals surface area contributed by atoms with Gasteiger partial charge in [-0.25, -0.2) is 5.26 Å². The third kappa shape index (κ3) is 1.99. The van der Waals surface area contributed by atoms with Crippen molar-refractivity contribution < 1.29 is 27.6 Å². The van der Waals surface area contributed by atoms with Crippen LogP contribution in [0, 0.1) is 0 Å². The van der Waals surface area contributed by atoms with Crippen LogP contribution in [0.5, 0.6) is 0 Å². The molecule has 0 atom stereocenters. The Kier molecular flexibility index (Phi) is 2.98. The lowest BCUT2D eigenvalue weighted by Crippen LogP contribution is -2.21. The molecule has 1 aliphatic rings. The van der Waals surface area contributed by atoms with Gasteiger partial charge in [-0.3, -0.25) is 9.59 Å². The number of carbonyl (C=O) groups excluding carboxylic acids is 2. The van der Waals surface area contributed by atoms with Gasteiger partial charge in [-0.15, -0.1) is 4.33 Å². The van der Waals surface area contributed by atoms with Crippen LogP contribution in [0.3, 0.4) is 0 Å². The minimum absolute atomic E-state index is 0.0307. The van der Waals surface area contributed by atoms with Crippen molar-refractivity contribution in [2.45, 2.75) is 4.90 Å². The molecule has 0 saturated heterocycles. The topological polar surface area (TPSA) is 97.7 Å². The highest BCUT2D eigenvalue weighted by molar-refractivity contribution is 7.86. The van der Waals surface area contributed by atoms with Crippen LogP contribution in [0.2, 0.25) is 0 Å². The molecule has 1 N–H and O–H groups in total. The van der Waals surface area contributed by atoms with Crippen LogP contribution in [0.4, 0.5) is 0 Å². The monoisotopic (exact) mass is 304 g/mol. The third-order valence-corrected chi connectivity index (χ3v) is 4.31. The van der Waals surface area contributed by atoms with E-state index in [0.29, 0.717) is 0 Å². The minimum Gasteiger partial charge on any atom is -0.289 e. The molecule has 0 fully saturated rings. The lowest BCUT2D eigenvalue weighted by atomic mass is 9.84. The molecule has 0 radical (unpaired) electrons. The van der Waals surface area contributed by atoms with E-state index in [1.54, 1.807) is 18.2 Å². The van der Waals surface area contributed by atoms with Crippen molar-refractivity contribution in [3.63, 3.8) is 0 Å². The van der Waals surface area contributed by atoms with E-state index in [4.69, 9.17) is 5.26 Å². The van der Waals surface area contributed by atoms with Gasteiger partial charge in [0.15, 0.2) is 11.6 Å². The van der Waals surface area contributed by atoms with E-state index < -0.39 is 20.8 Å². The molecule has 2 aromatic rings. The van der Waals surface area contributed by atoms with Gasteiger partial charge in [0.2, 0.25) is 0 Å². The zero-order valence-corrected chi connectivity index (χ0v) is 11.3. The smallest absolute Gasteiger partial charge is 0.289 e. The number of rotatable bonds is 2. The summed E-state index contributed by atoms with van der Waals surface area (Å²) in [5.74, 6) is -0.802. The highest BCUT2D eigenvalue weighted by atomic mass is 32.2. The van der Waals surface area contributed by atoms with Gasteiger partial charge >= 0.3 is 10.1 Å². The van der Waals surface area contributed by atoms with Gasteiger partial charge in [0, 0.05) is 22.3 Å². The first-order valence-corrected chi connectivity index (χ1v) is 7.27. The average molecular weight is 304 g/mol. The summed E-state index contributed by atoms with van der Waals surface area (Å²) in [5, 5.41) is 8.39. The summed E-state index contributed by atoms with van der Waals surface area (Å²) < 4.78 is 26.3. The summed E-state index contributed by atoms with van der Waals surface area (Å²) in [6.07, 6.45) is 0. The van der Waals surface area contributed by atoms with Crippen molar-refractivity contribution in [1.29, 1.82) is 0 Å². The quantitative estimate of drug-likeness (QED) is 0.571. The first kappa shape index (κ1) is 13.6. The fraction of sp³-hybridized carbons (Fsp3) is 0. The maximum absolute atomic E-state index is 12.4. The molecule has 0 unspecified atom stereocenters. The zero-order valence-electron chi connectivity index (χ0n) is 10.4.